The Kier molecular flexibility index (Phi) is 5.56. The molecule has 2 aromatic heterocycles. The average molecular weight is 464 g/mol. The summed E-state index contributed by atoms with van der Waals surface area (Å²) in [5.74, 6) is 0.447. The molecule has 3 N–H and O–H groups in total. The van der Waals surface area contributed by atoms with Gasteiger partial charge in [-0.15, -0.1) is 11.3 Å². The minimum absolute atomic E-state index is 0.0384. The zero-order valence-corrected chi connectivity index (χ0v) is 19.6. The molecule has 0 unspecified atom stereocenters. The van der Waals surface area contributed by atoms with Crippen molar-refractivity contribution in [2.75, 3.05) is 0 Å². The van der Waals surface area contributed by atoms with Crippen LogP contribution in [0.2, 0.25) is 0 Å². The van der Waals surface area contributed by atoms with E-state index in [0.29, 0.717) is 33.1 Å². The number of aromatic nitrogens is 2. The number of nitrogens with zero attached hydrogens (tertiary/aromatic N) is 3. The number of nitrogens with one attached hydrogen (secondary N) is 1. The highest BCUT2D eigenvalue weighted by molar-refractivity contribution is 7.18. The predicted molar refractivity (Wildman–Crippen MR) is 121 cm³/mol. The Balaban J connectivity index is 1.73. The minimum atomic E-state index is -0.863. The fourth-order valence-electron chi connectivity index (χ4n) is 3.66. The molecule has 0 atom stereocenters. The Bertz CT molecular complexity index is 1200. The smallest absolute Gasteiger partial charge is 0.426 e. The number of primary amides is 1. The van der Waals surface area contributed by atoms with Crippen molar-refractivity contribution in [3.05, 3.63) is 31.3 Å². The zero-order valence-electron chi connectivity index (χ0n) is 18.8. The van der Waals surface area contributed by atoms with Gasteiger partial charge in [0.15, 0.2) is 0 Å². The van der Waals surface area contributed by atoms with Crippen molar-refractivity contribution in [1.82, 2.24) is 19.6 Å². The summed E-state index contributed by atoms with van der Waals surface area (Å²) in [5, 5.41) is 1.45. The normalized spacial score (nSPS) is 16.2. The predicted octanol–water partition coefficient (Wildman–Crippen LogP) is 2.60. The van der Waals surface area contributed by atoms with Crippen molar-refractivity contribution < 1.29 is 14.3 Å². The maximum absolute atomic E-state index is 13.2. The number of amides is 3. The highest BCUT2D eigenvalue weighted by Crippen LogP contribution is 2.36. The minimum Gasteiger partial charge on any atom is -0.443 e. The molecule has 2 fully saturated rings. The number of thiophene rings is 1. The molecule has 2 saturated carbocycles. The van der Waals surface area contributed by atoms with Crippen LogP contribution in [0, 0.1) is 12.8 Å². The third-order valence-electron chi connectivity index (χ3n) is 5.58. The van der Waals surface area contributed by atoms with Gasteiger partial charge in [0.2, 0.25) is 0 Å². The number of hydrogen-bond donors (Lipinski definition) is 2. The number of urea groups is 1. The van der Waals surface area contributed by atoms with Crippen molar-refractivity contribution in [1.29, 1.82) is 0 Å². The number of aryl methyl sites for hydroxylation is 1. The highest BCUT2D eigenvalue weighted by atomic mass is 32.1. The number of fused-ring (bicyclic) bond motifs is 1. The van der Waals surface area contributed by atoms with Crippen molar-refractivity contribution in [2.24, 2.45) is 11.7 Å². The summed E-state index contributed by atoms with van der Waals surface area (Å²) in [6.45, 7) is 7.47. The third kappa shape index (κ3) is 4.52. The van der Waals surface area contributed by atoms with E-state index in [-0.39, 0.29) is 23.8 Å². The first-order chi connectivity index (χ1) is 15.0. The maximum atomic E-state index is 13.2. The molecule has 2 aliphatic carbocycles. The van der Waals surface area contributed by atoms with E-state index in [1.165, 1.54) is 15.9 Å². The van der Waals surface area contributed by atoms with Gasteiger partial charge in [0, 0.05) is 17.5 Å². The van der Waals surface area contributed by atoms with E-state index in [1.54, 1.807) is 32.3 Å². The highest BCUT2D eigenvalue weighted by Gasteiger charge is 2.32. The topological polar surface area (TPSA) is 129 Å². The summed E-state index contributed by atoms with van der Waals surface area (Å²) in [6, 6.07) is -0.901. The van der Waals surface area contributed by atoms with Crippen LogP contribution in [0.15, 0.2) is 9.59 Å². The van der Waals surface area contributed by atoms with E-state index in [1.807, 2.05) is 0 Å². The van der Waals surface area contributed by atoms with Crippen molar-refractivity contribution in [3.63, 3.8) is 0 Å². The van der Waals surface area contributed by atoms with Gasteiger partial charge in [-0.1, -0.05) is 0 Å². The Morgan fingerprint density at radius 1 is 1.22 bits per heavy atom. The summed E-state index contributed by atoms with van der Waals surface area (Å²) in [7, 11) is 0. The molecule has 4 rings (SSSR count). The molecule has 2 heterocycles. The van der Waals surface area contributed by atoms with E-state index in [0.717, 1.165) is 30.7 Å². The van der Waals surface area contributed by atoms with Gasteiger partial charge < -0.3 is 10.5 Å². The van der Waals surface area contributed by atoms with Crippen molar-refractivity contribution in [3.8, 4) is 0 Å². The average Bonchev–Trinajstić information content (AvgIpc) is 3.57. The lowest BCUT2D eigenvalue weighted by atomic mass is 10.2. The molecule has 0 spiro atoms. The van der Waals surface area contributed by atoms with Crippen LogP contribution in [-0.4, -0.2) is 31.9 Å². The summed E-state index contributed by atoms with van der Waals surface area (Å²) in [6.07, 6.45) is 2.99. The van der Waals surface area contributed by atoms with Crippen LogP contribution >= 0.6 is 11.3 Å². The Morgan fingerprint density at radius 2 is 1.88 bits per heavy atom. The molecule has 0 bridgehead atoms. The number of hydrogen-bond acceptors (Lipinski definition) is 6. The first kappa shape index (κ1) is 22.4. The van der Waals surface area contributed by atoms with Crippen molar-refractivity contribution in [2.45, 2.75) is 78.1 Å². The third-order valence-corrected chi connectivity index (χ3v) is 6.88. The number of ether oxygens (including phenoxy) is 1. The molecule has 2 aliphatic rings. The van der Waals surface area contributed by atoms with Gasteiger partial charge in [-0.25, -0.2) is 24.8 Å². The van der Waals surface area contributed by atoms with E-state index < -0.39 is 17.7 Å². The molecule has 11 heteroatoms. The molecule has 174 valence electrons. The van der Waals surface area contributed by atoms with Gasteiger partial charge in [-0.2, -0.15) is 0 Å². The van der Waals surface area contributed by atoms with Crippen LogP contribution in [0.3, 0.4) is 0 Å². The number of carbonyl (C=O) groups is 2. The molecule has 0 aliphatic heterocycles. The summed E-state index contributed by atoms with van der Waals surface area (Å²) < 4.78 is 8.30. The SMILES string of the molecule is Cc1c(CN(NC(=O)OC(C)(C)C)C(N)=O)sc2c1c(=O)n(C1CC1)c(=O)n2CC1CC1. The number of nitrogens with two attached hydrogens (primary N) is 1. The summed E-state index contributed by atoms with van der Waals surface area (Å²) in [5.41, 5.74) is 7.24. The number of hydrazine groups is 1. The van der Waals surface area contributed by atoms with Crippen LogP contribution in [-0.2, 0) is 17.8 Å². The van der Waals surface area contributed by atoms with Gasteiger partial charge in [0.25, 0.3) is 5.56 Å². The monoisotopic (exact) mass is 463 g/mol. The van der Waals surface area contributed by atoms with Gasteiger partial charge in [0.05, 0.1) is 11.9 Å². The van der Waals surface area contributed by atoms with Gasteiger partial charge in [-0.3, -0.25) is 13.9 Å². The van der Waals surface area contributed by atoms with Crippen LogP contribution in [0.4, 0.5) is 9.59 Å². The van der Waals surface area contributed by atoms with Crippen LogP contribution in [0.5, 0.6) is 0 Å². The van der Waals surface area contributed by atoms with E-state index >= 15 is 0 Å². The lowest BCUT2D eigenvalue weighted by molar-refractivity contribution is 0.0376. The molecule has 2 aromatic rings. The molecule has 32 heavy (non-hydrogen) atoms. The van der Waals surface area contributed by atoms with Crippen LogP contribution in [0.1, 0.15) is 62.9 Å². The lowest BCUT2D eigenvalue weighted by Crippen LogP contribution is -2.49. The molecule has 0 aromatic carbocycles. The largest absolute Gasteiger partial charge is 0.443 e. The fourth-order valence-corrected chi connectivity index (χ4v) is 4.95. The molecule has 0 saturated heterocycles. The zero-order chi connectivity index (χ0) is 23.4. The van der Waals surface area contributed by atoms with Gasteiger partial charge in [0.1, 0.15) is 10.4 Å². The number of carbonyl (C=O) groups excluding carboxylic acids is 2. The maximum Gasteiger partial charge on any atom is 0.426 e. The summed E-state index contributed by atoms with van der Waals surface area (Å²) >= 11 is 1.28. The number of rotatable bonds is 5. The second-order valence-electron chi connectivity index (χ2n) is 9.61. The molecular formula is C21H29N5O5S. The molecule has 0 radical (unpaired) electrons. The van der Waals surface area contributed by atoms with E-state index in [2.05, 4.69) is 5.43 Å². The van der Waals surface area contributed by atoms with Crippen LogP contribution < -0.4 is 22.4 Å². The molecular weight excluding hydrogens is 434 g/mol. The Labute approximate surface area is 188 Å². The second kappa shape index (κ2) is 7.95. The Morgan fingerprint density at radius 3 is 2.41 bits per heavy atom. The van der Waals surface area contributed by atoms with Gasteiger partial charge in [-0.05, 0) is 64.9 Å². The van der Waals surface area contributed by atoms with Crippen LogP contribution in [0.25, 0.3) is 10.2 Å². The van der Waals surface area contributed by atoms with E-state index in [9.17, 15) is 19.2 Å². The summed E-state index contributed by atoms with van der Waals surface area (Å²) in [4.78, 5) is 51.8. The second-order valence-corrected chi connectivity index (χ2v) is 10.7. The van der Waals surface area contributed by atoms with Crippen molar-refractivity contribution >= 4 is 33.7 Å². The first-order valence-electron chi connectivity index (χ1n) is 10.8. The molecule has 10 nitrogen and oxygen atoms in total. The Hall–Kier alpha value is -2.82. The van der Waals surface area contributed by atoms with E-state index in [4.69, 9.17) is 10.5 Å². The molecule has 3 amide bonds. The quantitative estimate of drug-likeness (QED) is 0.659. The fraction of sp³-hybridized carbons (Fsp3) is 0.619. The first-order valence-corrected chi connectivity index (χ1v) is 11.6. The lowest BCUT2D eigenvalue weighted by Gasteiger charge is -2.24. The standard InChI is InChI=1S/C21H29N5O5S/c1-11-14(10-25(18(22)28)23-19(29)31-21(2,3)4)32-17-15(11)16(27)26(13-7-8-13)20(30)24(17)9-12-5-6-12/h12-13H,5-10H2,1-4H3,(H2,22,28)(H,23,29). The van der Waals surface area contributed by atoms with Gasteiger partial charge >= 0.3 is 17.8 Å².